The van der Waals surface area contributed by atoms with Crippen LogP contribution in [0.4, 0.5) is 0 Å². The van der Waals surface area contributed by atoms with Gasteiger partial charge in [0.25, 0.3) is 0 Å². The molecule has 0 fully saturated rings. The fourth-order valence-electron chi connectivity index (χ4n) is 1.02. The Morgan fingerprint density at radius 2 is 2.07 bits per heavy atom. The van der Waals surface area contributed by atoms with E-state index in [0.29, 0.717) is 13.0 Å². The topological polar surface area (TPSA) is 55.8 Å². The average Bonchev–Trinajstić information content (AvgIpc) is 2.14. The molecule has 0 spiro atoms. The Labute approximate surface area is 91.6 Å². The zero-order valence-electron chi connectivity index (χ0n) is 10.1. The van der Waals surface area contributed by atoms with Crippen LogP contribution in [0.1, 0.15) is 40.0 Å². The number of carbonyl (C=O) groups is 1. The van der Waals surface area contributed by atoms with E-state index in [2.05, 4.69) is 0 Å². The quantitative estimate of drug-likeness (QED) is 0.677. The molecular weight excluding hydrogens is 196 g/mol. The van der Waals surface area contributed by atoms with Crippen molar-refractivity contribution in [3.63, 3.8) is 0 Å². The Balaban J connectivity index is 3.54. The summed E-state index contributed by atoms with van der Waals surface area (Å²) in [6.45, 7) is 6.49. The van der Waals surface area contributed by atoms with Crippen LogP contribution in [0.2, 0.25) is 0 Å². The Morgan fingerprint density at radius 1 is 1.47 bits per heavy atom. The van der Waals surface area contributed by atoms with Crippen molar-refractivity contribution in [1.29, 1.82) is 0 Å². The van der Waals surface area contributed by atoms with Crippen LogP contribution in [-0.4, -0.2) is 36.5 Å². The minimum Gasteiger partial charge on any atom is -0.481 e. The van der Waals surface area contributed by atoms with E-state index in [1.54, 1.807) is 7.11 Å². The number of methoxy groups -OCH3 is 1. The molecule has 0 aromatic rings. The molecule has 0 amide bonds. The first-order chi connectivity index (χ1) is 6.87. The zero-order chi connectivity index (χ0) is 11.9. The van der Waals surface area contributed by atoms with Gasteiger partial charge in [-0.3, -0.25) is 4.79 Å². The third kappa shape index (κ3) is 8.39. The number of carboxylic acid groups (broad SMARTS) is 1. The molecular formula is C11H22O4. The van der Waals surface area contributed by atoms with E-state index in [9.17, 15) is 4.79 Å². The number of hydrogen-bond acceptors (Lipinski definition) is 3. The third-order valence-electron chi connectivity index (χ3n) is 2.42. The summed E-state index contributed by atoms with van der Waals surface area (Å²) in [5.41, 5.74) is -0.174. The maximum absolute atomic E-state index is 10.3. The van der Waals surface area contributed by atoms with Crippen LogP contribution in [0, 0.1) is 0 Å². The smallest absolute Gasteiger partial charge is 0.303 e. The molecule has 0 saturated carbocycles. The van der Waals surface area contributed by atoms with Gasteiger partial charge in [-0.25, -0.2) is 0 Å². The molecule has 1 N–H and O–H groups in total. The fraction of sp³-hybridized carbons (Fsp3) is 0.909. The van der Waals surface area contributed by atoms with Crippen molar-refractivity contribution in [3.8, 4) is 0 Å². The number of hydrogen-bond donors (Lipinski definition) is 1. The highest BCUT2D eigenvalue weighted by Crippen LogP contribution is 2.13. The summed E-state index contributed by atoms with van der Waals surface area (Å²) in [5, 5.41) is 8.48. The summed E-state index contributed by atoms with van der Waals surface area (Å²) in [6, 6.07) is 0. The van der Waals surface area contributed by atoms with Crippen LogP contribution in [0.15, 0.2) is 0 Å². The molecule has 0 radical (unpaired) electrons. The van der Waals surface area contributed by atoms with E-state index in [1.165, 1.54) is 0 Å². The molecule has 90 valence electrons. The van der Waals surface area contributed by atoms with Crippen LogP contribution < -0.4 is 0 Å². The van der Waals surface area contributed by atoms with E-state index in [4.69, 9.17) is 14.6 Å². The van der Waals surface area contributed by atoms with Crippen molar-refractivity contribution in [3.05, 3.63) is 0 Å². The van der Waals surface area contributed by atoms with Gasteiger partial charge < -0.3 is 14.6 Å². The summed E-state index contributed by atoms with van der Waals surface area (Å²) in [6.07, 6.45) is 1.52. The predicted molar refractivity (Wildman–Crippen MR) is 58.0 cm³/mol. The summed E-state index contributed by atoms with van der Waals surface area (Å²) >= 11 is 0. The Hall–Kier alpha value is -0.610. The normalized spacial score (nSPS) is 13.9. The molecule has 0 aliphatic carbocycles. The molecule has 0 aromatic heterocycles. The SMILES string of the molecule is COC(C)(C)CCOC(C)CCC(=O)O. The van der Waals surface area contributed by atoms with Crippen molar-refractivity contribution < 1.29 is 19.4 Å². The van der Waals surface area contributed by atoms with Gasteiger partial charge >= 0.3 is 5.97 Å². The lowest BCUT2D eigenvalue weighted by Gasteiger charge is -2.23. The number of ether oxygens (including phenoxy) is 2. The lowest BCUT2D eigenvalue weighted by Crippen LogP contribution is -2.25. The van der Waals surface area contributed by atoms with E-state index < -0.39 is 5.97 Å². The molecule has 1 atom stereocenters. The second kappa shape index (κ2) is 6.80. The molecule has 0 saturated heterocycles. The van der Waals surface area contributed by atoms with Crippen molar-refractivity contribution in [2.75, 3.05) is 13.7 Å². The van der Waals surface area contributed by atoms with Crippen molar-refractivity contribution >= 4 is 5.97 Å². The summed E-state index contributed by atoms with van der Waals surface area (Å²) in [5.74, 6) is -0.775. The predicted octanol–water partition coefficient (Wildman–Crippen LogP) is 2.07. The van der Waals surface area contributed by atoms with Gasteiger partial charge in [0.05, 0.1) is 11.7 Å². The first kappa shape index (κ1) is 14.4. The van der Waals surface area contributed by atoms with Gasteiger partial charge in [0.1, 0.15) is 0 Å². The molecule has 0 aliphatic rings. The molecule has 0 aromatic carbocycles. The second-order valence-corrected chi connectivity index (χ2v) is 4.33. The van der Waals surface area contributed by atoms with Gasteiger partial charge in [-0.05, 0) is 33.6 Å². The summed E-state index contributed by atoms with van der Waals surface area (Å²) in [7, 11) is 1.67. The molecule has 0 aliphatic heterocycles. The highest BCUT2D eigenvalue weighted by Gasteiger charge is 2.16. The number of aliphatic carboxylic acids is 1. The highest BCUT2D eigenvalue weighted by molar-refractivity contribution is 5.66. The largest absolute Gasteiger partial charge is 0.481 e. The molecule has 15 heavy (non-hydrogen) atoms. The molecule has 0 rings (SSSR count). The lowest BCUT2D eigenvalue weighted by molar-refractivity contribution is -0.137. The molecule has 1 unspecified atom stereocenters. The highest BCUT2D eigenvalue weighted by atomic mass is 16.5. The first-order valence-corrected chi connectivity index (χ1v) is 5.26. The Morgan fingerprint density at radius 3 is 2.53 bits per heavy atom. The maximum Gasteiger partial charge on any atom is 0.303 e. The monoisotopic (exact) mass is 218 g/mol. The van der Waals surface area contributed by atoms with Gasteiger partial charge in [-0.1, -0.05) is 0 Å². The van der Waals surface area contributed by atoms with E-state index in [0.717, 1.165) is 6.42 Å². The number of carboxylic acids is 1. The molecule has 4 nitrogen and oxygen atoms in total. The van der Waals surface area contributed by atoms with Gasteiger partial charge in [0.15, 0.2) is 0 Å². The zero-order valence-corrected chi connectivity index (χ0v) is 10.1. The summed E-state index contributed by atoms with van der Waals surface area (Å²) in [4.78, 5) is 10.3. The Kier molecular flexibility index (Phi) is 6.52. The van der Waals surface area contributed by atoms with Gasteiger partial charge in [0.2, 0.25) is 0 Å². The molecule has 4 heteroatoms. The van der Waals surface area contributed by atoms with E-state index >= 15 is 0 Å². The maximum atomic E-state index is 10.3. The standard InChI is InChI=1S/C11H22O4/c1-9(5-6-10(12)13)15-8-7-11(2,3)14-4/h9H,5-8H2,1-4H3,(H,12,13). The number of rotatable bonds is 8. The van der Waals surface area contributed by atoms with Crippen LogP contribution in [0.3, 0.4) is 0 Å². The van der Waals surface area contributed by atoms with Gasteiger partial charge in [0, 0.05) is 20.1 Å². The van der Waals surface area contributed by atoms with E-state index in [-0.39, 0.29) is 18.1 Å². The van der Waals surface area contributed by atoms with Crippen LogP contribution in [-0.2, 0) is 14.3 Å². The van der Waals surface area contributed by atoms with Gasteiger partial charge in [-0.15, -0.1) is 0 Å². The van der Waals surface area contributed by atoms with Crippen molar-refractivity contribution in [1.82, 2.24) is 0 Å². The van der Waals surface area contributed by atoms with Crippen molar-refractivity contribution in [2.24, 2.45) is 0 Å². The van der Waals surface area contributed by atoms with E-state index in [1.807, 2.05) is 20.8 Å². The summed E-state index contributed by atoms with van der Waals surface area (Å²) < 4.78 is 10.7. The van der Waals surface area contributed by atoms with Crippen LogP contribution >= 0.6 is 0 Å². The van der Waals surface area contributed by atoms with Crippen LogP contribution in [0.5, 0.6) is 0 Å². The second-order valence-electron chi connectivity index (χ2n) is 4.33. The lowest BCUT2D eigenvalue weighted by atomic mass is 10.1. The first-order valence-electron chi connectivity index (χ1n) is 5.26. The minimum absolute atomic E-state index is 0.00578. The molecule has 0 heterocycles. The minimum atomic E-state index is -0.775. The van der Waals surface area contributed by atoms with Crippen LogP contribution in [0.25, 0.3) is 0 Å². The average molecular weight is 218 g/mol. The van der Waals surface area contributed by atoms with Crippen molar-refractivity contribution in [2.45, 2.75) is 51.7 Å². The third-order valence-corrected chi connectivity index (χ3v) is 2.42. The van der Waals surface area contributed by atoms with Gasteiger partial charge in [-0.2, -0.15) is 0 Å². The fourth-order valence-corrected chi connectivity index (χ4v) is 1.02. The Bertz CT molecular complexity index is 189. The molecule has 0 bridgehead atoms.